The molecule has 0 atom stereocenters. The number of hydrogen-bond donors (Lipinski definition) is 0. The Morgan fingerprint density at radius 3 is 1.07 bits per heavy atom. The molecule has 12 rings (SSSR count). The maximum Gasteiger partial charge on any atom is 0.0435 e. The van der Waals surface area contributed by atoms with E-state index in [2.05, 4.69) is 220 Å². The van der Waals surface area contributed by atoms with E-state index in [-0.39, 0.29) is 10.8 Å². The van der Waals surface area contributed by atoms with Gasteiger partial charge < -0.3 is 0 Å². The Hall–Kier alpha value is -6.76. The second-order valence-corrected chi connectivity index (χ2v) is 16.3. The summed E-state index contributed by atoms with van der Waals surface area (Å²) < 4.78 is 0. The Morgan fingerprint density at radius 2 is 0.644 bits per heavy atom. The second-order valence-electron chi connectivity index (χ2n) is 16.3. The van der Waals surface area contributed by atoms with Gasteiger partial charge in [0.15, 0.2) is 0 Å². The van der Waals surface area contributed by atoms with E-state index >= 15 is 0 Å². The van der Waals surface area contributed by atoms with Crippen molar-refractivity contribution >= 4 is 10.8 Å². The molecule has 0 unspecified atom stereocenters. The van der Waals surface area contributed by atoms with Crippen molar-refractivity contribution in [2.24, 2.45) is 0 Å². The Balaban J connectivity index is 0.000000183. The highest BCUT2D eigenvalue weighted by atomic mass is 14.4. The zero-order chi connectivity index (χ0) is 40.1. The third-order valence-corrected chi connectivity index (χ3v) is 13.4. The molecule has 0 amide bonds. The van der Waals surface area contributed by atoms with Gasteiger partial charge in [0.05, 0.1) is 0 Å². The lowest BCUT2D eigenvalue weighted by atomic mass is 9.73. The molecule has 9 aromatic rings. The van der Waals surface area contributed by atoms with Gasteiger partial charge in [-0.3, -0.25) is 0 Å². The van der Waals surface area contributed by atoms with E-state index in [0.29, 0.717) is 0 Å². The van der Waals surface area contributed by atoms with Crippen molar-refractivity contribution < 1.29 is 0 Å². The van der Waals surface area contributed by atoms with Crippen molar-refractivity contribution in [3.8, 4) is 44.5 Å². The van der Waals surface area contributed by atoms with Crippen LogP contribution in [0.1, 0.15) is 72.2 Å². The fourth-order valence-electron chi connectivity index (χ4n) is 10.3. The predicted octanol–water partition coefficient (Wildman–Crippen LogP) is 15.5. The van der Waals surface area contributed by atoms with Crippen LogP contribution in [0.5, 0.6) is 0 Å². The fraction of sp³-hybridized carbons (Fsp3) is 0.119. The SMILES string of the molecule is CC.CC1(c2ccc(-c3ccc(C4(C)c5ccccc5-c5ccccc54)cc3)cc2)c2ccccc2-c2ccccc21.c1ccc2c(c1)Cc1cc3ccccc3cc1-2. The van der Waals surface area contributed by atoms with Crippen LogP contribution in [0.4, 0.5) is 0 Å². The highest BCUT2D eigenvalue weighted by Crippen LogP contribution is 2.54. The van der Waals surface area contributed by atoms with E-state index in [1.54, 1.807) is 0 Å². The van der Waals surface area contributed by atoms with E-state index in [0.717, 1.165) is 6.42 Å². The Bertz CT molecular complexity index is 2760. The van der Waals surface area contributed by atoms with Gasteiger partial charge in [-0.05, 0) is 126 Å². The van der Waals surface area contributed by atoms with Crippen molar-refractivity contribution in [2.75, 3.05) is 0 Å². The van der Waals surface area contributed by atoms with E-state index < -0.39 is 0 Å². The molecule has 0 aromatic heterocycles. The summed E-state index contributed by atoms with van der Waals surface area (Å²) in [5.74, 6) is 0. The molecule has 0 saturated heterocycles. The summed E-state index contributed by atoms with van der Waals surface area (Å²) in [5, 5.41) is 2.68. The van der Waals surface area contributed by atoms with Gasteiger partial charge in [0.1, 0.15) is 0 Å². The number of rotatable bonds is 3. The highest BCUT2D eigenvalue weighted by molar-refractivity contribution is 5.92. The van der Waals surface area contributed by atoms with Gasteiger partial charge in [-0.1, -0.05) is 214 Å². The van der Waals surface area contributed by atoms with Gasteiger partial charge in [0.25, 0.3) is 0 Å². The summed E-state index contributed by atoms with van der Waals surface area (Å²) in [6, 6.07) is 76.0. The lowest BCUT2D eigenvalue weighted by molar-refractivity contribution is 0.713. The minimum atomic E-state index is -0.159. The summed E-state index contributed by atoms with van der Waals surface area (Å²) >= 11 is 0. The van der Waals surface area contributed by atoms with Gasteiger partial charge in [-0.15, -0.1) is 0 Å². The van der Waals surface area contributed by atoms with Crippen LogP contribution in [0.3, 0.4) is 0 Å². The van der Waals surface area contributed by atoms with E-state index in [4.69, 9.17) is 0 Å². The summed E-state index contributed by atoms with van der Waals surface area (Å²) in [5.41, 5.74) is 21.5. The molecule has 3 aliphatic carbocycles. The molecule has 0 radical (unpaired) electrons. The van der Waals surface area contributed by atoms with Crippen LogP contribution in [0, 0.1) is 0 Å². The number of fused-ring (bicyclic) bond motifs is 10. The summed E-state index contributed by atoms with van der Waals surface area (Å²) in [6.45, 7) is 8.75. The van der Waals surface area contributed by atoms with E-state index in [9.17, 15) is 0 Å². The average molecular weight is 757 g/mol. The van der Waals surface area contributed by atoms with Crippen molar-refractivity contribution in [1.82, 2.24) is 0 Å². The molecule has 0 nitrogen and oxygen atoms in total. The molecule has 0 heteroatoms. The van der Waals surface area contributed by atoms with Crippen molar-refractivity contribution in [3.05, 3.63) is 251 Å². The Morgan fingerprint density at radius 1 is 0.305 bits per heavy atom. The molecular formula is C59H48. The van der Waals surface area contributed by atoms with Crippen molar-refractivity contribution in [1.29, 1.82) is 0 Å². The van der Waals surface area contributed by atoms with E-state index in [1.165, 1.54) is 99.8 Å². The van der Waals surface area contributed by atoms with Crippen LogP contribution < -0.4 is 0 Å². The van der Waals surface area contributed by atoms with Gasteiger partial charge in [0.2, 0.25) is 0 Å². The van der Waals surface area contributed by atoms with Gasteiger partial charge in [0, 0.05) is 10.8 Å². The standard InChI is InChI=1S/C40H30.C17H12.C2H6/c1-39(35-15-7-3-11-31(35)32-12-4-8-16-36(32)39)29-23-19-27(20-24-29)28-21-25-30(26-22-28)40(2)37-17-9-5-13-33(37)34-14-6-10-18-38(34)40;1-2-6-13-11-17-15(9-12(13)5-1)10-14-7-3-4-8-16(14)17;1-2/h3-26H,1-2H3;1-9,11H,10H2;1-2H3. The fourth-order valence-corrected chi connectivity index (χ4v) is 10.3. The lowest BCUT2D eigenvalue weighted by Crippen LogP contribution is -2.22. The van der Waals surface area contributed by atoms with Gasteiger partial charge in [-0.2, -0.15) is 0 Å². The normalized spacial score (nSPS) is 14.0. The topological polar surface area (TPSA) is 0 Å². The molecule has 0 N–H and O–H groups in total. The van der Waals surface area contributed by atoms with Crippen LogP contribution in [0.25, 0.3) is 55.3 Å². The minimum Gasteiger partial charge on any atom is -0.0683 e. The first kappa shape index (κ1) is 36.6. The molecule has 284 valence electrons. The van der Waals surface area contributed by atoms with Crippen molar-refractivity contribution in [2.45, 2.75) is 44.9 Å². The second kappa shape index (κ2) is 14.6. The van der Waals surface area contributed by atoms with Crippen LogP contribution in [0.2, 0.25) is 0 Å². The first-order valence-electron chi connectivity index (χ1n) is 21.2. The van der Waals surface area contributed by atoms with E-state index in [1.807, 2.05) is 13.8 Å². The Kier molecular flexibility index (Phi) is 9.03. The third kappa shape index (κ3) is 5.73. The summed E-state index contributed by atoms with van der Waals surface area (Å²) in [6.07, 6.45) is 1.08. The van der Waals surface area contributed by atoms with Crippen molar-refractivity contribution in [3.63, 3.8) is 0 Å². The molecule has 9 aromatic carbocycles. The third-order valence-electron chi connectivity index (χ3n) is 13.4. The average Bonchev–Trinajstić information content (AvgIpc) is 3.91. The monoisotopic (exact) mass is 756 g/mol. The molecule has 0 heterocycles. The summed E-state index contributed by atoms with van der Waals surface area (Å²) in [4.78, 5) is 0. The van der Waals surface area contributed by atoms with Crippen LogP contribution in [0.15, 0.2) is 206 Å². The molecule has 0 spiro atoms. The smallest absolute Gasteiger partial charge is 0.0435 e. The first-order valence-corrected chi connectivity index (χ1v) is 21.2. The largest absolute Gasteiger partial charge is 0.0683 e. The molecule has 0 bridgehead atoms. The summed E-state index contributed by atoms with van der Waals surface area (Å²) in [7, 11) is 0. The quantitative estimate of drug-likeness (QED) is 0.168. The molecular weight excluding hydrogens is 709 g/mol. The first-order chi connectivity index (χ1) is 29.0. The zero-order valence-electron chi connectivity index (χ0n) is 34.3. The molecule has 0 aliphatic heterocycles. The zero-order valence-corrected chi connectivity index (χ0v) is 34.3. The van der Waals surface area contributed by atoms with Gasteiger partial charge >= 0.3 is 0 Å². The van der Waals surface area contributed by atoms with Crippen LogP contribution in [-0.4, -0.2) is 0 Å². The molecule has 0 saturated carbocycles. The van der Waals surface area contributed by atoms with Crippen LogP contribution in [-0.2, 0) is 17.3 Å². The molecule has 0 fully saturated rings. The Labute approximate surface area is 349 Å². The lowest BCUT2D eigenvalue weighted by Gasteiger charge is -2.29. The highest BCUT2D eigenvalue weighted by Gasteiger charge is 2.41. The number of hydrogen-bond acceptors (Lipinski definition) is 0. The maximum absolute atomic E-state index is 2.37. The minimum absolute atomic E-state index is 0.159. The van der Waals surface area contributed by atoms with Crippen LogP contribution >= 0.6 is 0 Å². The predicted molar refractivity (Wildman–Crippen MR) is 250 cm³/mol. The molecule has 59 heavy (non-hydrogen) atoms. The molecule has 3 aliphatic rings. The number of benzene rings is 9. The maximum atomic E-state index is 2.37. The van der Waals surface area contributed by atoms with Gasteiger partial charge in [-0.25, -0.2) is 0 Å².